The average molecular weight is 718 g/mol. The molecule has 0 bridgehead atoms. The van der Waals surface area contributed by atoms with Gasteiger partial charge in [0.25, 0.3) is 0 Å². The van der Waals surface area contributed by atoms with Crippen LogP contribution in [0.1, 0.15) is 126 Å². The fourth-order valence-corrected chi connectivity index (χ4v) is 11.1. The van der Waals surface area contributed by atoms with Crippen LogP contribution in [-0.2, 0) is 34.5 Å². The zero-order valence-electron chi connectivity index (χ0n) is 34.2. The molecule has 55 heavy (non-hydrogen) atoms. The Hall–Kier alpha value is -4.88. The SMILES string of the molecule is CC1(C)CCC(C)(C)c2cc(-c3cc4c(cc3N(c3ccc5c(c3)C(C)(C)c3ccccc3-5)c3cccc5c3CCCC5)C(C)(C)c3ccccc3-4)ccc21. The molecule has 0 amide bonds. The summed E-state index contributed by atoms with van der Waals surface area (Å²) in [5.74, 6) is 0. The smallest absolute Gasteiger partial charge is 0.0543 e. The van der Waals surface area contributed by atoms with Crippen molar-refractivity contribution in [2.45, 2.75) is 116 Å². The van der Waals surface area contributed by atoms with Gasteiger partial charge in [-0.1, -0.05) is 140 Å². The topological polar surface area (TPSA) is 3.24 Å². The Bertz CT molecular complexity index is 2560. The van der Waals surface area contributed by atoms with Gasteiger partial charge in [-0.2, -0.15) is 0 Å². The maximum Gasteiger partial charge on any atom is 0.0543 e. The highest BCUT2D eigenvalue weighted by Gasteiger charge is 2.40. The average Bonchev–Trinajstić information content (AvgIpc) is 3.55. The number of benzene rings is 6. The Labute approximate surface area is 329 Å². The Balaban J connectivity index is 1.28. The number of anilines is 3. The molecule has 6 aromatic rings. The molecule has 0 radical (unpaired) electrons. The summed E-state index contributed by atoms with van der Waals surface area (Å²) >= 11 is 0. The van der Waals surface area contributed by atoms with Crippen molar-refractivity contribution in [2.24, 2.45) is 0 Å². The number of hydrogen-bond acceptors (Lipinski definition) is 1. The summed E-state index contributed by atoms with van der Waals surface area (Å²) < 4.78 is 0. The molecular weight excluding hydrogens is 663 g/mol. The highest BCUT2D eigenvalue weighted by Crippen LogP contribution is 2.56. The predicted octanol–water partition coefficient (Wildman–Crippen LogP) is 14.7. The maximum absolute atomic E-state index is 2.67. The summed E-state index contributed by atoms with van der Waals surface area (Å²) in [4.78, 5) is 2.67. The van der Waals surface area contributed by atoms with Crippen molar-refractivity contribution in [3.8, 4) is 33.4 Å². The summed E-state index contributed by atoms with van der Waals surface area (Å²) in [6.45, 7) is 19.5. The molecule has 4 aliphatic carbocycles. The van der Waals surface area contributed by atoms with Gasteiger partial charge in [0.2, 0.25) is 0 Å². The van der Waals surface area contributed by atoms with E-state index in [4.69, 9.17) is 0 Å². The van der Waals surface area contributed by atoms with E-state index in [-0.39, 0.29) is 21.7 Å². The van der Waals surface area contributed by atoms with Gasteiger partial charge in [-0.05, 0) is 152 Å². The maximum atomic E-state index is 2.67. The molecule has 0 unspecified atom stereocenters. The Morgan fingerprint density at radius 3 is 1.76 bits per heavy atom. The number of rotatable bonds is 4. The van der Waals surface area contributed by atoms with Crippen LogP contribution in [0.5, 0.6) is 0 Å². The molecule has 6 aromatic carbocycles. The summed E-state index contributed by atoms with van der Waals surface area (Å²) in [6.07, 6.45) is 7.18. The van der Waals surface area contributed by atoms with Gasteiger partial charge in [0.1, 0.15) is 0 Å². The fraction of sp³-hybridized carbons (Fsp3) is 0.333. The molecule has 0 atom stereocenters. The highest BCUT2D eigenvalue weighted by atomic mass is 15.1. The van der Waals surface area contributed by atoms with Gasteiger partial charge in [0, 0.05) is 27.8 Å². The van der Waals surface area contributed by atoms with E-state index in [1.54, 1.807) is 0 Å². The lowest BCUT2D eigenvalue weighted by atomic mass is 9.63. The van der Waals surface area contributed by atoms with Gasteiger partial charge in [-0.3, -0.25) is 0 Å². The van der Waals surface area contributed by atoms with E-state index < -0.39 is 0 Å². The van der Waals surface area contributed by atoms with Crippen LogP contribution in [0.4, 0.5) is 17.1 Å². The second-order valence-corrected chi connectivity index (χ2v) is 19.5. The van der Waals surface area contributed by atoms with Crippen molar-refractivity contribution in [3.05, 3.63) is 160 Å². The predicted molar refractivity (Wildman–Crippen MR) is 234 cm³/mol. The quantitative estimate of drug-likeness (QED) is 0.175. The van der Waals surface area contributed by atoms with Crippen LogP contribution in [0.15, 0.2) is 115 Å². The second-order valence-electron chi connectivity index (χ2n) is 19.5. The molecule has 1 nitrogen and oxygen atoms in total. The Kier molecular flexibility index (Phi) is 7.43. The van der Waals surface area contributed by atoms with Gasteiger partial charge in [0.15, 0.2) is 0 Å². The van der Waals surface area contributed by atoms with Gasteiger partial charge in [0.05, 0.1) is 5.69 Å². The molecule has 10 rings (SSSR count). The largest absolute Gasteiger partial charge is 0.310 e. The van der Waals surface area contributed by atoms with Crippen molar-refractivity contribution in [1.82, 2.24) is 0 Å². The molecule has 1 heteroatoms. The molecule has 0 N–H and O–H groups in total. The number of nitrogens with zero attached hydrogens (tertiary/aromatic N) is 1. The van der Waals surface area contributed by atoms with E-state index in [0.29, 0.717) is 0 Å². The van der Waals surface area contributed by atoms with Gasteiger partial charge in [-0.15, -0.1) is 0 Å². The molecule has 0 saturated heterocycles. The van der Waals surface area contributed by atoms with Crippen LogP contribution >= 0.6 is 0 Å². The van der Waals surface area contributed by atoms with Crippen LogP contribution in [-0.4, -0.2) is 0 Å². The van der Waals surface area contributed by atoms with E-state index in [1.165, 1.54) is 121 Å². The minimum Gasteiger partial charge on any atom is -0.310 e. The molecule has 0 aliphatic heterocycles. The molecule has 4 aliphatic rings. The van der Waals surface area contributed by atoms with E-state index in [0.717, 1.165) is 12.8 Å². The molecule has 0 heterocycles. The number of hydrogen-bond donors (Lipinski definition) is 0. The number of aryl methyl sites for hydroxylation is 1. The molecule has 0 saturated carbocycles. The van der Waals surface area contributed by atoms with Gasteiger partial charge in [-0.25, -0.2) is 0 Å². The van der Waals surface area contributed by atoms with Crippen LogP contribution in [0.3, 0.4) is 0 Å². The lowest BCUT2D eigenvalue weighted by Gasteiger charge is -2.42. The normalized spacial score (nSPS) is 18.7. The van der Waals surface area contributed by atoms with Crippen LogP contribution in [0.2, 0.25) is 0 Å². The first kappa shape index (κ1) is 34.6. The summed E-state index contributed by atoms with van der Waals surface area (Å²) in [7, 11) is 0. The van der Waals surface area contributed by atoms with Crippen molar-refractivity contribution in [3.63, 3.8) is 0 Å². The zero-order chi connectivity index (χ0) is 38.1. The van der Waals surface area contributed by atoms with Gasteiger partial charge >= 0.3 is 0 Å². The van der Waals surface area contributed by atoms with Crippen LogP contribution < -0.4 is 4.90 Å². The standard InChI is InChI=1S/C54H55N/c1-51(2)28-29-52(3,4)48-30-35(24-27-45(48)51)41-32-42-39-20-12-14-22-44(39)54(7,8)47(42)33-50(41)55(49-23-15-17-34-16-9-10-18-37(34)49)36-25-26-40-38-19-11-13-21-43(38)53(5,6)46(40)31-36/h11-15,17,19-27,30-33H,9-10,16,18,28-29H2,1-8H3. The molecule has 0 fully saturated rings. The van der Waals surface area contributed by atoms with Crippen molar-refractivity contribution in [1.29, 1.82) is 0 Å². The lowest BCUT2D eigenvalue weighted by Crippen LogP contribution is -2.33. The van der Waals surface area contributed by atoms with Crippen LogP contribution in [0.25, 0.3) is 33.4 Å². The van der Waals surface area contributed by atoms with E-state index >= 15 is 0 Å². The number of fused-ring (bicyclic) bond motifs is 8. The second kappa shape index (κ2) is 11.8. The van der Waals surface area contributed by atoms with Crippen molar-refractivity contribution in [2.75, 3.05) is 4.90 Å². The van der Waals surface area contributed by atoms with Crippen molar-refractivity contribution >= 4 is 17.1 Å². The lowest BCUT2D eigenvalue weighted by molar-refractivity contribution is 0.332. The molecule has 0 spiro atoms. The zero-order valence-corrected chi connectivity index (χ0v) is 34.2. The minimum atomic E-state index is -0.121. The molecular formula is C54H55N. The minimum absolute atomic E-state index is 0.0923. The third kappa shape index (κ3) is 5.04. The summed E-state index contributed by atoms with van der Waals surface area (Å²) in [5, 5.41) is 0. The summed E-state index contributed by atoms with van der Waals surface area (Å²) in [6, 6.07) is 45.3. The molecule has 0 aromatic heterocycles. The first-order valence-corrected chi connectivity index (χ1v) is 20.9. The highest BCUT2D eigenvalue weighted by molar-refractivity contribution is 5.96. The van der Waals surface area contributed by atoms with Gasteiger partial charge < -0.3 is 4.90 Å². The third-order valence-electron chi connectivity index (χ3n) is 14.5. The van der Waals surface area contributed by atoms with Crippen molar-refractivity contribution < 1.29 is 0 Å². The first-order chi connectivity index (χ1) is 26.3. The first-order valence-electron chi connectivity index (χ1n) is 20.9. The Morgan fingerprint density at radius 2 is 1.04 bits per heavy atom. The third-order valence-corrected chi connectivity index (χ3v) is 14.5. The monoisotopic (exact) mass is 717 g/mol. The van der Waals surface area contributed by atoms with E-state index in [2.05, 4.69) is 176 Å². The summed E-state index contributed by atoms with van der Waals surface area (Å²) in [5.41, 5.74) is 23.7. The molecule has 276 valence electrons. The van der Waals surface area contributed by atoms with E-state index in [9.17, 15) is 0 Å². The fourth-order valence-electron chi connectivity index (χ4n) is 11.1. The Morgan fingerprint density at radius 1 is 0.418 bits per heavy atom. The van der Waals surface area contributed by atoms with Crippen LogP contribution in [0, 0.1) is 0 Å². The van der Waals surface area contributed by atoms with E-state index in [1.807, 2.05) is 0 Å².